The minimum absolute atomic E-state index is 0.00727. The van der Waals surface area contributed by atoms with Gasteiger partial charge in [-0.25, -0.2) is 4.39 Å². The number of carboxylic acid groups (broad SMARTS) is 1. The molecule has 3 aliphatic rings. The van der Waals surface area contributed by atoms with E-state index < -0.39 is 35.2 Å². The predicted molar refractivity (Wildman–Crippen MR) is 108 cm³/mol. The van der Waals surface area contributed by atoms with Crippen LogP contribution in [0, 0.1) is 23.6 Å². The van der Waals surface area contributed by atoms with Crippen LogP contribution < -0.4 is 5.32 Å². The molecule has 3 fully saturated rings. The fourth-order valence-electron chi connectivity index (χ4n) is 5.80. The van der Waals surface area contributed by atoms with Crippen molar-refractivity contribution in [3.63, 3.8) is 0 Å². The fourth-order valence-corrected chi connectivity index (χ4v) is 5.80. The molecule has 2 heterocycles. The van der Waals surface area contributed by atoms with Crippen molar-refractivity contribution >= 4 is 17.8 Å². The summed E-state index contributed by atoms with van der Waals surface area (Å²) in [5.41, 5.74) is -0.890. The maximum absolute atomic E-state index is 13.6. The zero-order valence-corrected chi connectivity index (χ0v) is 17.4. The van der Waals surface area contributed by atoms with Crippen LogP contribution in [-0.4, -0.2) is 39.4 Å². The lowest BCUT2D eigenvalue weighted by molar-refractivity contribution is -0.153. The highest BCUT2D eigenvalue weighted by molar-refractivity contribution is 6.09. The van der Waals surface area contributed by atoms with Gasteiger partial charge in [0.05, 0.1) is 11.8 Å². The predicted octanol–water partition coefficient (Wildman–Crippen LogP) is 3.27. The zero-order chi connectivity index (χ0) is 21.6. The number of nitrogens with zero attached hydrogens (tertiary/aromatic N) is 1. The van der Waals surface area contributed by atoms with Crippen LogP contribution in [0.1, 0.15) is 64.0 Å². The summed E-state index contributed by atoms with van der Waals surface area (Å²) in [4.78, 5) is 41.1. The number of hydrogen-bond acceptors (Lipinski definition) is 4. The van der Waals surface area contributed by atoms with Crippen LogP contribution in [0.4, 0.5) is 4.39 Å². The van der Waals surface area contributed by atoms with Gasteiger partial charge in [0.1, 0.15) is 11.4 Å². The van der Waals surface area contributed by atoms with Gasteiger partial charge in [0.2, 0.25) is 11.8 Å². The lowest BCUT2D eigenvalue weighted by atomic mass is 9.75. The van der Waals surface area contributed by atoms with Crippen LogP contribution in [0.3, 0.4) is 0 Å². The first-order valence-corrected chi connectivity index (χ1v) is 10.9. The average Bonchev–Trinajstić information content (AvgIpc) is 3.17. The first kappa shape index (κ1) is 21.0. The topological polar surface area (TPSA) is 86.7 Å². The molecular weight excluding hydrogens is 387 g/mol. The molecule has 2 amide bonds. The first-order valence-electron chi connectivity index (χ1n) is 10.9. The summed E-state index contributed by atoms with van der Waals surface area (Å²) in [5, 5.41) is 13.4. The third kappa shape index (κ3) is 3.23. The molecule has 0 radical (unpaired) electrons. The summed E-state index contributed by atoms with van der Waals surface area (Å²) < 4.78 is 13.5. The molecule has 1 aromatic carbocycles. The third-order valence-corrected chi connectivity index (χ3v) is 6.97. The Morgan fingerprint density at radius 2 is 1.80 bits per heavy atom. The molecule has 4 unspecified atom stereocenters. The van der Waals surface area contributed by atoms with Gasteiger partial charge in [-0.05, 0) is 42.9 Å². The normalized spacial score (nSPS) is 32.1. The number of hydrogen-bond donors (Lipinski definition) is 2. The number of carboxylic acids is 1. The zero-order valence-electron chi connectivity index (χ0n) is 17.4. The van der Waals surface area contributed by atoms with E-state index in [2.05, 4.69) is 5.32 Å². The van der Waals surface area contributed by atoms with Crippen LogP contribution >= 0.6 is 0 Å². The van der Waals surface area contributed by atoms with Crippen molar-refractivity contribution < 1.29 is 23.9 Å². The van der Waals surface area contributed by atoms with E-state index in [4.69, 9.17) is 0 Å². The van der Waals surface area contributed by atoms with Crippen LogP contribution in [-0.2, 0) is 14.4 Å². The summed E-state index contributed by atoms with van der Waals surface area (Å²) >= 11 is 0. The van der Waals surface area contributed by atoms with Crippen LogP contribution in [0.25, 0.3) is 0 Å². The Labute approximate surface area is 175 Å². The molecule has 2 aliphatic heterocycles. The number of carbonyl (C=O) groups excluding carboxylic acids is 2. The Balaban J connectivity index is 1.79. The molecule has 162 valence electrons. The van der Waals surface area contributed by atoms with Crippen molar-refractivity contribution in [2.45, 2.75) is 70.0 Å². The molecule has 7 heteroatoms. The Morgan fingerprint density at radius 3 is 2.37 bits per heavy atom. The summed E-state index contributed by atoms with van der Waals surface area (Å²) in [7, 11) is 0. The molecule has 2 saturated heterocycles. The molecule has 1 aliphatic carbocycles. The van der Waals surface area contributed by atoms with Crippen molar-refractivity contribution in [1.82, 2.24) is 10.2 Å². The molecule has 2 N–H and O–H groups in total. The van der Waals surface area contributed by atoms with Crippen LogP contribution in [0.2, 0.25) is 0 Å². The number of aliphatic carboxylic acids is 1. The van der Waals surface area contributed by atoms with Crippen molar-refractivity contribution in [3.05, 3.63) is 35.6 Å². The molecule has 1 saturated carbocycles. The Hall–Kier alpha value is -2.28. The van der Waals surface area contributed by atoms with Crippen LogP contribution in [0.5, 0.6) is 0 Å². The van der Waals surface area contributed by atoms with Crippen molar-refractivity contribution in [2.75, 3.05) is 0 Å². The Bertz CT molecular complexity index is 849. The SMILES string of the molecule is CC(C)CC1(C(=O)O)NC(c2ccc(F)cc2)C2C(=O)N(C3CCCCC3)C(=O)C21. The molecule has 6 nitrogen and oxygen atoms in total. The molecule has 4 rings (SSSR count). The smallest absolute Gasteiger partial charge is 0.324 e. The number of halogens is 1. The average molecular weight is 416 g/mol. The highest BCUT2D eigenvalue weighted by atomic mass is 19.1. The Morgan fingerprint density at radius 1 is 1.17 bits per heavy atom. The first-order chi connectivity index (χ1) is 14.3. The summed E-state index contributed by atoms with van der Waals surface area (Å²) in [5.74, 6) is -3.91. The molecule has 1 aromatic rings. The lowest BCUT2D eigenvalue weighted by Crippen LogP contribution is -2.57. The highest BCUT2D eigenvalue weighted by Gasteiger charge is 2.68. The maximum atomic E-state index is 13.6. The quantitative estimate of drug-likeness (QED) is 0.720. The standard InChI is InChI=1S/C23H29FN2O4/c1-13(2)12-23(22(29)30)18-17(19(25-23)14-8-10-15(24)11-9-14)20(27)26(21(18)28)16-6-4-3-5-7-16/h8-11,13,16-19,25H,3-7,12H2,1-2H3,(H,29,30). The molecular formula is C23H29FN2O4. The number of nitrogens with one attached hydrogen (secondary N) is 1. The van der Waals surface area contributed by atoms with Gasteiger partial charge in [-0.1, -0.05) is 45.2 Å². The minimum atomic E-state index is -1.52. The Kier molecular flexibility index (Phi) is 5.43. The van der Waals surface area contributed by atoms with E-state index in [1.54, 1.807) is 12.1 Å². The van der Waals surface area contributed by atoms with Gasteiger partial charge in [-0.2, -0.15) is 0 Å². The second kappa shape index (κ2) is 7.76. The van der Waals surface area contributed by atoms with Gasteiger partial charge >= 0.3 is 5.97 Å². The summed E-state index contributed by atoms with van der Waals surface area (Å²) in [6.07, 6.45) is 4.80. The molecule has 0 bridgehead atoms. The largest absolute Gasteiger partial charge is 0.480 e. The fraction of sp³-hybridized carbons (Fsp3) is 0.609. The number of amides is 2. The van der Waals surface area contributed by atoms with Gasteiger partial charge in [0, 0.05) is 12.1 Å². The number of imide groups is 1. The van der Waals surface area contributed by atoms with E-state index in [9.17, 15) is 23.9 Å². The third-order valence-electron chi connectivity index (χ3n) is 6.97. The van der Waals surface area contributed by atoms with Crippen molar-refractivity contribution in [3.8, 4) is 0 Å². The highest BCUT2D eigenvalue weighted by Crippen LogP contribution is 2.52. The second-order valence-corrected chi connectivity index (χ2v) is 9.39. The minimum Gasteiger partial charge on any atom is -0.480 e. The number of benzene rings is 1. The second-order valence-electron chi connectivity index (χ2n) is 9.39. The summed E-state index contributed by atoms with van der Waals surface area (Å²) in [6, 6.07) is 4.95. The molecule has 30 heavy (non-hydrogen) atoms. The lowest BCUT2D eigenvalue weighted by Gasteiger charge is -2.35. The van der Waals surface area contributed by atoms with E-state index in [1.165, 1.54) is 17.0 Å². The van der Waals surface area contributed by atoms with E-state index in [0.29, 0.717) is 5.56 Å². The van der Waals surface area contributed by atoms with Gasteiger partial charge in [0.25, 0.3) is 0 Å². The molecule has 0 aromatic heterocycles. The van der Waals surface area contributed by atoms with E-state index in [1.807, 2.05) is 13.8 Å². The van der Waals surface area contributed by atoms with E-state index in [-0.39, 0.29) is 30.2 Å². The van der Waals surface area contributed by atoms with Gasteiger partial charge in [0.15, 0.2) is 0 Å². The van der Waals surface area contributed by atoms with Crippen LogP contribution in [0.15, 0.2) is 24.3 Å². The molecule has 0 spiro atoms. The van der Waals surface area contributed by atoms with Gasteiger partial charge in [-0.15, -0.1) is 0 Å². The summed E-state index contributed by atoms with van der Waals surface area (Å²) in [6.45, 7) is 3.82. The van der Waals surface area contributed by atoms with Crippen molar-refractivity contribution in [2.24, 2.45) is 17.8 Å². The molecule has 4 atom stereocenters. The van der Waals surface area contributed by atoms with E-state index >= 15 is 0 Å². The maximum Gasteiger partial charge on any atom is 0.324 e. The number of fused-ring (bicyclic) bond motifs is 1. The number of likely N-dealkylation sites (tertiary alicyclic amines) is 1. The van der Waals surface area contributed by atoms with E-state index in [0.717, 1.165) is 32.1 Å². The number of rotatable bonds is 5. The monoisotopic (exact) mass is 416 g/mol. The van der Waals surface area contributed by atoms with Crippen molar-refractivity contribution in [1.29, 1.82) is 0 Å². The number of carbonyl (C=O) groups is 3. The van der Waals surface area contributed by atoms with Gasteiger partial charge in [-0.3, -0.25) is 24.6 Å². The van der Waals surface area contributed by atoms with Gasteiger partial charge < -0.3 is 5.11 Å².